The Hall–Kier alpha value is -1.53. The fraction of sp³-hybridized carbons (Fsp3) is 0.462. The van der Waals surface area contributed by atoms with E-state index in [4.69, 9.17) is 10.2 Å². The number of aliphatic carboxylic acids is 1. The second-order valence-corrected chi connectivity index (χ2v) is 4.42. The van der Waals surface area contributed by atoms with Gasteiger partial charge in [-0.2, -0.15) is 0 Å². The van der Waals surface area contributed by atoms with Crippen molar-refractivity contribution in [2.75, 3.05) is 13.2 Å². The Labute approximate surface area is 110 Å². The molecule has 106 valence electrons. The number of benzene rings is 1. The van der Waals surface area contributed by atoms with Crippen LogP contribution >= 0.6 is 0 Å². The molecule has 6 heteroatoms. The third-order valence-electron chi connectivity index (χ3n) is 2.79. The first-order valence-electron chi connectivity index (χ1n) is 5.87. The average Bonchev–Trinajstić information content (AvgIpc) is 2.38. The van der Waals surface area contributed by atoms with Crippen LogP contribution in [-0.2, 0) is 11.3 Å². The molecule has 1 aromatic carbocycles. The van der Waals surface area contributed by atoms with Gasteiger partial charge in [-0.3, -0.25) is 4.79 Å². The standard InChI is InChI=1S/C13H17F2NO3/c1-9(12(18)19)11-4-2-10(3-5-11)6-16-7-13(14,15)8-17/h2-5,9,16-17H,6-8H2,1H3,(H,18,19). The van der Waals surface area contributed by atoms with E-state index in [0.29, 0.717) is 5.56 Å². The monoisotopic (exact) mass is 273 g/mol. The summed E-state index contributed by atoms with van der Waals surface area (Å²) in [5.74, 6) is -4.63. The Morgan fingerprint density at radius 1 is 1.37 bits per heavy atom. The minimum Gasteiger partial charge on any atom is -0.481 e. The molecule has 0 radical (unpaired) electrons. The lowest BCUT2D eigenvalue weighted by atomic mass is 10.00. The van der Waals surface area contributed by atoms with Crippen molar-refractivity contribution in [3.05, 3.63) is 35.4 Å². The van der Waals surface area contributed by atoms with Gasteiger partial charge in [0.15, 0.2) is 0 Å². The van der Waals surface area contributed by atoms with Crippen LogP contribution in [-0.4, -0.2) is 35.3 Å². The molecule has 0 fully saturated rings. The fourth-order valence-corrected chi connectivity index (χ4v) is 1.51. The van der Waals surface area contributed by atoms with Crippen LogP contribution in [0.15, 0.2) is 24.3 Å². The molecule has 1 unspecified atom stereocenters. The summed E-state index contributed by atoms with van der Waals surface area (Å²) >= 11 is 0. The van der Waals surface area contributed by atoms with Crippen LogP contribution in [0.25, 0.3) is 0 Å². The molecule has 0 aliphatic rings. The first-order chi connectivity index (χ1) is 8.85. The van der Waals surface area contributed by atoms with E-state index in [2.05, 4.69) is 5.32 Å². The summed E-state index contributed by atoms with van der Waals surface area (Å²) in [5.41, 5.74) is 1.44. The predicted octanol–water partition coefficient (Wildman–Crippen LogP) is 1.59. The smallest absolute Gasteiger partial charge is 0.310 e. The number of hydrogen-bond donors (Lipinski definition) is 3. The summed E-state index contributed by atoms with van der Waals surface area (Å²) in [6, 6.07) is 6.72. The van der Waals surface area contributed by atoms with E-state index in [9.17, 15) is 13.6 Å². The zero-order valence-electron chi connectivity index (χ0n) is 10.6. The first-order valence-corrected chi connectivity index (χ1v) is 5.87. The fourth-order valence-electron chi connectivity index (χ4n) is 1.51. The minimum absolute atomic E-state index is 0.233. The van der Waals surface area contributed by atoms with Crippen molar-refractivity contribution in [3.63, 3.8) is 0 Å². The third-order valence-corrected chi connectivity index (χ3v) is 2.79. The second kappa shape index (κ2) is 6.58. The maximum absolute atomic E-state index is 12.7. The molecule has 0 bridgehead atoms. The largest absolute Gasteiger partial charge is 0.481 e. The molecule has 1 atom stereocenters. The van der Waals surface area contributed by atoms with Crippen molar-refractivity contribution in [2.24, 2.45) is 0 Å². The number of aliphatic hydroxyl groups is 1. The van der Waals surface area contributed by atoms with Crippen molar-refractivity contribution in [3.8, 4) is 0 Å². The van der Waals surface area contributed by atoms with E-state index in [1.807, 2.05) is 0 Å². The highest BCUT2D eigenvalue weighted by atomic mass is 19.3. The van der Waals surface area contributed by atoms with Crippen LogP contribution in [0.4, 0.5) is 8.78 Å². The van der Waals surface area contributed by atoms with Crippen molar-refractivity contribution >= 4 is 5.97 Å². The Balaban J connectivity index is 2.51. The average molecular weight is 273 g/mol. The number of halogens is 2. The summed E-state index contributed by atoms with van der Waals surface area (Å²) in [6.45, 7) is 0.0283. The van der Waals surface area contributed by atoms with Gasteiger partial charge in [0.1, 0.15) is 6.61 Å². The molecule has 0 spiro atoms. The number of rotatable bonds is 7. The molecule has 0 aromatic heterocycles. The van der Waals surface area contributed by atoms with Gasteiger partial charge in [-0.1, -0.05) is 24.3 Å². The van der Waals surface area contributed by atoms with Crippen LogP contribution in [0.5, 0.6) is 0 Å². The lowest BCUT2D eigenvalue weighted by Gasteiger charge is -2.14. The van der Waals surface area contributed by atoms with E-state index in [1.54, 1.807) is 31.2 Å². The number of aliphatic hydroxyl groups excluding tert-OH is 1. The number of alkyl halides is 2. The molecule has 19 heavy (non-hydrogen) atoms. The summed E-state index contributed by atoms with van der Waals surface area (Å²) in [4.78, 5) is 10.8. The van der Waals surface area contributed by atoms with E-state index in [0.717, 1.165) is 5.56 Å². The number of carboxylic acids is 1. The minimum atomic E-state index is -3.13. The number of hydrogen-bond acceptors (Lipinski definition) is 3. The van der Waals surface area contributed by atoms with Gasteiger partial charge in [-0.25, -0.2) is 8.78 Å². The number of nitrogens with one attached hydrogen (secondary N) is 1. The molecule has 0 saturated heterocycles. The first kappa shape index (κ1) is 15.5. The lowest BCUT2D eigenvalue weighted by Crippen LogP contribution is -2.35. The molecular formula is C13H17F2NO3. The molecule has 0 aliphatic carbocycles. The van der Waals surface area contributed by atoms with Crippen molar-refractivity contribution < 1.29 is 23.8 Å². The van der Waals surface area contributed by atoms with Gasteiger partial charge in [0.05, 0.1) is 12.5 Å². The van der Waals surface area contributed by atoms with Crippen molar-refractivity contribution in [2.45, 2.75) is 25.3 Å². The molecule has 0 aliphatic heterocycles. The Kier molecular flexibility index (Phi) is 5.38. The predicted molar refractivity (Wildman–Crippen MR) is 66.2 cm³/mol. The highest BCUT2D eigenvalue weighted by molar-refractivity contribution is 5.75. The van der Waals surface area contributed by atoms with Crippen LogP contribution in [0.1, 0.15) is 24.0 Å². The molecule has 0 heterocycles. The van der Waals surface area contributed by atoms with Crippen molar-refractivity contribution in [1.29, 1.82) is 0 Å². The van der Waals surface area contributed by atoms with Gasteiger partial charge in [0.25, 0.3) is 5.92 Å². The molecule has 4 nitrogen and oxygen atoms in total. The van der Waals surface area contributed by atoms with E-state index in [-0.39, 0.29) is 6.54 Å². The number of carboxylic acid groups (broad SMARTS) is 1. The third kappa shape index (κ3) is 4.92. The molecular weight excluding hydrogens is 256 g/mol. The molecule has 1 rings (SSSR count). The molecule has 0 amide bonds. The van der Waals surface area contributed by atoms with E-state index >= 15 is 0 Å². The Bertz CT molecular complexity index is 420. The van der Waals surface area contributed by atoms with Gasteiger partial charge >= 0.3 is 5.97 Å². The van der Waals surface area contributed by atoms with E-state index < -0.39 is 31.0 Å². The summed E-state index contributed by atoms with van der Waals surface area (Å²) in [7, 11) is 0. The highest BCUT2D eigenvalue weighted by Gasteiger charge is 2.26. The lowest BCUT2D eigenvalue weighted by molar-refractivity contribution is -0.138. The Morgan fingerprint density at radius 2 is 1.95 bits per heavy atom. The number of carbonyl (C=O) groups is 1. The van der Waals surface area contributed by atoms with Crippen LogP contribution in [0.2, 0.25) is 0 Å². The van der Waals surface area contributed by atoms with Gasteiger partial charge in [-0.15, -0.1) is 0 Å². The summed E-state index contributed by atoms with van der Waals surface area (Å²) in [5, 5.41) is 19.8. The van der Waals surface area contributed by atoms with Crippen LogP contribution in [0.3, 0.4) is 0 Å². The SMILES string of the molecule is CC(C(=O)O)c1ccc(CNCC(F)(F)CO)cc1. The molecule has 0 saturated carbocycles. The van der Waals surface area contributed by atoms with Crippen LogP contribution in [0, 0.1) is 0 Å². The summed E-state index contributed by atoms with van der Waals surface area (Å²) in [6.07, 6.45) is 0. The topological polar surface area (TPSA) is 69.6 Å². The van der Waals surface area contributed by atoms with Gasteiger partial charge in [0, 0.05) is 6.54 Å². The zero-order chi connectivity index (χ0) is 14.5. The summed E-state index contributed by atoms with van der Waals surface area (Å²) < 4.78 is 25.5. The van der Waals surface area contributed by atoms with Gasteiger partial charge in [0.2, 0.25) is 0 Å². The quantitative estimate of drug-likeness (QED) is 0.705. The second-order valence-electron chi connectivity index (χ2n) is 4.42. The molecule has 3 N–H and O–H groups in total. The van der Waals surface area contributed by atoms with Gasteiger partial charge < -0.3 is 15.5 Å². The van der Waals surface area contributed by atoms with Crippen molar-refractivity contribution in [1.82, 2.24) is 5.32 Å². The van der Waals surface area contributed by atoms with E-state index in [1.165, 1.54) is 0 Å². The van der Waals surface area contributed by atoms with Crippen LogP contribution < -0.4 is 5.32 Å². The maximum atomic E-state index is 12.7. The molecule has 1 aromatic rings. The Morgan fingerprint density at radius 3 is 2.42 bits per heavy atom. The maximum Gasteiger partial charge on any atom is 0.310 e. The van der Waals surface area contributed by atoms with Gasteiger partial charge in [-0.05, 0) is 18.1 Å². The normalized spacial score (nSPS) is 13.3. The zero-order valence-corrected chi connectivity index (χ0v) is 10.6. The highest BCUT2D eigenvalue weighted by Crippen LogP contribution is 2.16.